The summed E-state index contributed by atoms with van der Waals surface area (Å²) in [4.78, 5) is 16.4. The molecule has 0 bridgehead atoms. The fourth-order valence-electron chi connectivity index (χ4n) is 2.02. The Kier molecular flexibility index (Phi) is 5.30. The quantitative estimate of drug-likeness (QED) is 0.589. The number of carbonyl (C=O) groups excluding carboxylic acids is 1. The van der Waals surface area contributed by atoms with Crippen LogP contribution in [0.1, 0.15) is 5.56 Å². The number of amides is 1. The summed E-state index contributed by atoms with van der Waals surface area (Å²) < 4.78 is 0. The van der Waals surface area contributed by atoms with Crippen molar-refractivity contribution in [3.05, 3.63) is 75.6 Å². The lowest BCUT2D eigenvalue weighted by atomic mass is 10.2. The average Bonchev–Trinajstić information content (AvgIpc) is 3.03. The standard InChI is InChI=1S/C18H12Cl2N2OS/c19-14-8-6-12(15(20)10-14)7-9-17(23)22-18-21-16(11-24-18)13-4-2-1-3-5-13/h1-11H,(H,21,22,23)/b9-7+. The minimum atomic E-state index is -0.269. The maximum absolute atomic E-state index is 12.0. The minimum Gasteiger partial charge on any atom is -0.298 e. The van der Waals surface area contributed by atoms with E-state index in [4.69, 9.17) is 23.2 Å². The Bertz CT molecular complexity index is 891. The van der Waals surface area contributed by atoms with E-state index in [0.29, 0.717) is 15.2 Å². The molecular weight excluding hydrogens is 363 g/mol. The Morgan fingerprint density at radius 1 is 1.12 bits per heavy atom. The van der Waals surface area contributed by atoms with E-state index in [1.807, 2.05) is 35.7 Å². The molecular formula is C18H12Cl2N2OS. The molecule has 0 aliphatic carbocycles. The molecule has 1 heterocycles. The first kappa shape index (κ1) is 16.7. The summed E-state index contributed by atoms with van der Waals surface area (Å²) in [6.07, 6.45) is 3.05. The lowest BCUT2D eigenvalue weighted by molar-refractivity contribution is -0.111. The van der Waals surface area contributed by atoms with Crippen LogP contribution < -0.4 is 5.32 Å². The molecule has 3 aromatic rings. The van der Waals surface area contributed by atoms with E-state index in [9.17, 15) is 4.79 Å². The molecule has 0 atom stereocenters. The Morgan fingerprint density at radius 2 is 1.92 bits per heavy atom. The summed E-state index contributed by atoms with van der Waals surface area (Å²) >= 11 is 13.3. The van der Waals surface area contributed by atoms with E-state index in [1.165, 1.54) is 17.4 Å². The Balaban J connectivity index is 1.67. The molecule has 0 aliphatic rings. The normalized spacial score (nSPS) is 10.9. The Hall–Kier alpha value is -2.14. The first-order valence-corrected chi connectivity index (χ1v) is 8.70. The number of carbonyl (C=O) groups is 1. The maximum atomic E-state index is 12.0. The Morgan fingerprint density at radius 3 is 2.67 bits per heavy atom. The van der Waals surface area contributed by atoms with Crippen molar-refractivity contribution < 1.29 is 4.79 Å². The second kappa shape index (κ2) is 7.62. The van der Waals surface area contributed by atoms with E-state index in [1.54, 1.807) is 24.3 Å². The lowest BCUT2D eigenvalue weighted by Gasteiger charge is -1.99. The van der Waals surface area contributed by atoms with Gasteiger partial charge in [-0.25, -0.2) is 4.98 Å². The molecule has 6 heteroatoms. The van der Waals surface area contributed by atoms with Gasteiger partial charge in [-0.3, -0.25) is 10.1 Å². The van der Waals surface area contributed by atoms with Crippen LogP contribution in [-0.2, 0) is 4.79 Å². The van der Waals surface area contributed by atoms with Gasteiger partial charge in [0.1, 0.15) is 0 Å². The molecule has 0 aliphatic heterocycles. The lowest BCUT2D eigenvalue weighted by Crippen LogP contribution is -2.07. The molecule has 0 spiro atoms. The average molecular weight is 375 g/mol. The predicted octanol–water partition coefficient (Wildman–Crippen LogP) is 5.77. The molecule has 1 aromatic heterocycles. The molecule has 0 unspecified atom stereocenters. The van der Waals surface area contributed by atoms with Gasteiger partial charge in [-0.2, -0.15) is 0 Å². The number of nitrogens with one attached hydrogen (secondary N) is 1. The van der Waals surface area contributed by atoms with Crippen LogP contribution in [0.25, 0.3) is 17.3 Å². The van der Waals surface area contributed by atoms with Crippen LogP contribution in [0, 0.1) is 0 Å². The highest BCUT2D eigenvalue weighted by atomic mass is 35.5. The predicted molar refractivity (Wildman–Crippen MR) is 102 cm³/mol. The SMILES string of the molecule is O=C(/C=C/c1ccc(Cl)cc1Cl)Nc1nc(-c2ccccc2)cs1. The molecule has 1 amide bonds. The van der Waals surface area contributed by atoms with Gasteiger partial charge in [-0.15, -0.1) is 11.3 Å². The molecule has 0 saturated heterocycles. The van der Waals surface area contributed by atoms with Gasteiger partial charge in [0.15, 0.2) is 5.13 Å². The number of thiazole rings is 1. The largest absolute Gasteiger partial charge is 0.298 e. The van der Waals surface area contributed by atoms with Gasteiger partial charge in [0.05, 0.1) is 5.69 Å². The highest BCUT2D eigenvalue weighted by Crippen LogP contribution is 2.25. The molecule has 2 aromatic carbocycles. The molecule has 1 N–H and O–H groups in total. The molecule has 0 fully saturated rings. The van der Waals surface area contributed by atoms with E-state index >= 15 is 0 Å². The van der Waals surface area contributed by atoms with Crippen LogP contribution in [0.3, 0.4) is 0 Å². The number of hydrogen-bond acceptors (Lipinski definition) is 3. The van der Waals surface area contributed by atoms with Gasteiger partial charge < -0.3 is 0 Å². The third kappa shape index (κ3) is 4.23. The van der Waals surface area contributed by atoms with Crippen LogP contribution >= 0.6 is 34.5 Å². The second-order valence-electron chi connectivity index (χ2n) is 4.89. The zero-order chi connectivity index (χ0) is 16.9. The van der Waals surface area contributed by atoms with Gasteiger partial charge in [-0.05, 0) is 23.8 Å². The van der Waals surface area contributed by atoms with Gasteiger partial charge in [0, 0.05) is 27.1 Å². The maximum Gasteiger partial charge on any atom is 0.250 e. The van der Waals surface area contributed by atoms with Gasteiger partial charge >= 0.3 is 0 Å². The van der Waals surface area contributed by atoms with Crippen molar-refractivity contribution in [1.82, 2.24) is 4.98 Å². The summed E-state index contributed by atoms with van der Waals surface area (Å²) in [6, 6.07) is 14.9. The number of hydrogen-bond donors (Lipinski definition) is 1. The van der Waals surface area contributed by atoms with Crippen molar-refractivity contribution in [2.24, 2.45) is 0 Å². The molecule has 120 valence electrons. The topological polar surface area (TPSA) is 42.0 Å². The van der Waals surface area contributed by atoms with Crippen molar-refractivity contribution in [2.75, 3.05) is 5.32 Å². The summed E-state index contributed by atoms with van der Waals surface area (Å²) in [5.74, 6) is -0.269. The summed E-state index contributed by atoms with van der Waals surface area (Å²) in [5.41, 5.74) is 2.57. The van der Waals surface area contributed by atoms with Crippen molar-refractivity contribution >= 4 is 51.7 Å². The number of aromatic nitrogens is 1. The summed E-state index contributed by atoms with van der Waals surface area (Å²) in [7, 11) is 0. The van der Waals surface area contributed by atoms with Crippen LogP contribution in [0.15, 0.2) is 60.0 Å². The third-order valence-electron chi connectivity index (χ3n) is 3.18. The highest BCUT2D eigenvalue weighted by molar-refractivity contribution is 7.14. The van der Waals surface area contributed by atoms with E-state index in [0.717, 1.165) is 16.8 Å². The molecule has 3 nitrogen and oxygen atoms in total. The van der Waals surface area contributed by atoms with Gasteiger partial charge in [0.25, 0.3) is 0 Å². The summed E-state index contributed by atoms with van der Waals surface area (Å²) in [5, 5.41) is 6.25. The first-order valence-electron chi connectivity index (χ1n) is 7.07. The fourth-order valence-corrected chi connectivity index (χ4v) is 3.22. The van der Waals surface area contributed by atoms with Gasteiger partial charge in [-0.1, -0.05) is 59.6 Å². The van der Waals surface area contributed by atoms with Crippen molar-refractivity contribution in [3.63, 3.8) is 0 Å². The van der Waals surface area contributed by atoms with Gasteiger partial charge in [0.2, 0.25) is 5.91 Å². The first-order chi connectivity index (χ1) is 11.6. The molecule has 24 heavy (non-hydrogen) atoms. The van der Waals surface area contributed by atoms with Crippen LogP contribution in [0.2, 0.25) is 10.0 Å². The van der Waals surface area contributed by atoms with Crippen molar-refractivity contribution in [1.29, 1.82) is 0 Å². The number of halogens is 2. The number of rotatable bonds is 4. The Labute approximate surface area is 153 Å². The van der Waals surface area contributed by atoms with Crippen LogP contribution in [-0.4, -0.2) is 10.9 Å². The minimum absolute atomic E-state index is 0.269. The van der Waals surface area contributed by atoms with Crippen LogP contribution in [0.4, 0.5) is 5.13 Å². The summed E-state index contributed by atoms with van der Waals surface area (Å²) in [6.45, 7) is 0. The number of benzene rings is 2. The third-order valence-corrected chi connectivity index (χ3v) is 4.50. The van der Waals surface area contributed by atoms with Crippen molar-refractivity contribution in [2.45, 2.75) is 0 Å². The van der Waals surface area contributed by atoms with E-state index in [-0.39, 0.29) is 5.91 Å². The van der Waals surface area contributed by atoms with Crippen LogP contribution in [0.5, 0.6) is 0 Å². The smallest absolute Gasteiger partial charge is 0.250 e. The van der Waals surface area contributed by atoms with Crippen molar-refractivity contribution in [3.8, 4) is 11.3 Å². The number of anilines is 1. The zero-order valence-electron chi connectivity index (χ0n) is 12.4. The number of nitrogens with zero attached hydrogens (tertiary/aromatic N) is 1. The molecule has 3 rings (SSSR count). The highest BCUT2D eigenvalue weighted by Gasteiger charge is 2.06. The molecule has 0 saturated carbocycles. The second-order valence-corrected chi connectivity index (χ2v) is 6.59. The fraction of sp³-hybridized carbons (Fsp3) is 0. The molecule has 0 radical (unpaired) electrons. The van der Waals surface area contributed by atoms with E-state index in [2.05, 4.69) is 10.3 Å². The van der Waals surface area contributed by atoms with E-state index < -0.39 is 0 Å². The zero-order valence-corrected chi connectivity index (χ0v) is 14.7. The monoisotopic (exact) mass is 374 g/mol.